The number of halogens is 1. The van der Waals surface area contributed by atoms with Gasteiger partial charge in [0.1, 0.15) is 0 Å². The lowest BCUT2D eigenvalue weighted by Crippen LogP contribution is -1.77. The van der Waals surface area contributed by atoms with Crippen LogP contribution < -0.4 is 0 Å². The molecule has 40 valence electrons. The third-order valence-electron chi connectivity index (χ3n) is 0.402. The van der Waals surface area contributed by atoms with Gasteiger partial charge in [0, 0.05) is 6.08 Å². The molecule has 0 aliphatic rings. The first-order valence-corrected chi connectivity index (χ1v) is 1.97. The van der Waals surface area contributed by atoms with Crippen LogP contribution in [0.4, 0.5) is 4.39 Å². The molecule has 0 aromatic heterocycles. The van der Waals surface area contributed by atoms with Crippen molar-refractivity contribution in [1.29, 1.82) is 0 Å². The molecule has 7 heavy (non-hydrogen) atoms. The number of rotatable bonds is 1. The standard InChI is InChI=1S/C5H7FO/c1-4(2)3-5(6)7/h3H,1-2H3. The molecule has 0 radical (unpaired) electrons. The van der Waals surface area contributed by atoms with Crippen LogP contribution in [0, 0.1) is 0 Å². The third kappa shape index (κ3) is 5.34. The van der Waals surface area contributed by atoms with Gasteiger partial charge in [0.2, 0.25) is 0 Å². The fraction of sp³-hybridized carbons (Fsp3) is 0.400. The molecule has 0 N–H and O–H groups in total. The van der Waals surface area contributed by atoms with Crippen LogP contribution in [0.5, 0.6) is 0 Å². The van der Waals surface area contributed by atoms with Gasteiger partial charge in [-0.3, -0.25) is 4.79 Å². The van der Waals surface area contributed by atoms with E-state index in [1.54, 1.807) is 13.8 Å². The number of carbonyl (C=O) groups is 1. The lowest BCUT2D eigenvalue weighted by Gasteiger charge is -1.77. The molecule has 0 heterocycles. The van der Waals surface area contributed by atoms with Crippen LogP contribution in [0.2, 0.25) is 0 Å². The molecular weight excluding hydrogens is 95.1 g/mol. The van der Waals surface area contributed by atoms with E-state index < -0.39 is 6.04 Å². The Balaban J connectivity index is 3.68. The van der Waals surface area contributed by atoms with Crippen LogP contribution in [-0.4, -0.2) is 6.04 Å². The number of allylic oxidation sites excluding steroid dienone is 2. The smallest absolute Gasteiger partial charge is 0.256 e. The molecule has 0 unspecified atom stereocenters. The van der Waals surface area contributed by atoms with Gasteiger partial charge in [0.25, 0.3) is 0 Å². The molecule has 0 aromatic rings. The Morgan fingerprint density at radius 3 is 2.00 bits per heavy atom. The van der Waals surface area contributed by atoms with Gasteiger partial charge in [-0.15, -0.1) is 0 Å². The zero-order valence-corrected chi connectivity index (χ0v) is 4.36. The van der Waals surface area contributed by atoms with E-state index in [2.05, 4.69) is 0 Å². The zero-order valence-electron chi connectivity index (χ0n) is 4.36. The molecule has 0 bridgehead atoms. The molecule has 0 fully saturated rings. The van der Waals surface area contributed by atoms with Crippen molar-refractivity contribution in [2.45, 2.75) is 13.8 Å². The SMILES string of the molecule is CC(C)=CC(=O)F. The van der Waals surface area contributed by atoms with E-state index >= 15 is 0 Å². The molecule has 0 amide bonds. The summed E-state index contributed by atoms with van der Waals surface area (Å²) < 4.78 is 11.2. The van der Waals surface area contributed by atoms with Gasteiger partial charge in [0.15, 0.2) is 0 Å². The Labute approximate surface area is 41.8 Å². The van der Waals surface area contributed by atoms with E-state index in [1.165, 1.54) is 0 Å². The van der Waals surface area contributed by atoms with E-state index in [-0.39, 0.29) is 0 Å². The first-order valence-electron chi connectivity index (χ1n) is 1.97. The van der Waals surface area contributed by atoms with Gasteiger partial charge >= 0.3 is 6.04 Å². The lowest BCUT2D eigenvalue weighted by atomic mass is 10.3. The summed E-state index contributed by atoms with van der Waals surface area (Å²) in [4.78, 5) is 9.51. The largest absolute Gasteiger partial charge is 0.324 e. The highest BCUT2D eigenvalue weighted by molar-refractivity contribution is 5.81. The summed E-state index contributed by atoms with van der Waals surface area (Å²) in [5.74, 6) is 0. The van der Waals surface area contributed by atoms with Gasteiger partial charge in [-0.1, -0.05) is 5.57 Å². The van der Waals surface area contributed by atoms with Crippen LogP contribution in [0.1, 0.15) is 13.8 Å². The molecule has 0 saturated carbocycles. The summed E-state index contributed by atoms with van der Waals surface area (Å²) in [5, 5.41) is 0. The number of hydrogen-bond donors (Lipinski definition) is 0. The van der Waals surface area contributed by atoms with Crippen LogP contribution in [0.3, 0.4) is 0 Å². The Morgan fingerprint density at radius 2 is 2.00 bits per heavy atom. The average Bonchev–Trinajstić information content (AvgIpc) is 1.27. The molecule has 0 spiro atoms. The molecule has 0 atom stereocenters. The third-order valence-corrected chi connectivity index (χ3v) is 0.402. The minimum atomic E-state index is -1.37. The van der Waals surface area contributed by atoms with Crippen molar-refractivity contribution in [1.82, 2.24) is 0 Å². The Kier molecular flexibility index (Phi) is 2.27. The molecule has 1 nitrogen and oxygen atoms in total. The molecular formula is C5H7FO. The molecule has 0 rings (SSSR count). The Hall–Kier alpha value is -0.660. The highest BCUT2D eigenvalue weighted by Gasteiger charge is 1.85. The van der Waals surface area contributed by atoms with E-state index in [0.29, 0.717) is 5.57 Å². The van der Waals surface area contributed by atoms with E-state index in [0.717, 1.165) is 6.08 Å². The normalized spacial score (nSPS) is 7.86. The van der Waals surface area contributed by atoms with Gasteiger partial charge in [-0.05, 0) is 13.8 Å². The number of hydrogen-bond acceptors (Lipinski definition) is 1. The average molecular weight is 102 g/mol. The molecule has 0 aliphatic heterocycles. The summed E-state index contributed by atoms with van der Waals surface area (Å²) >= 11 is 0. The van der Waals surface area contributed by atoms with Crippen LogP contribution in [0.25, 0.3) is 0 Å². The second-order valence-electron chi connectivity index (χ2n) is 1.53. The van der Waals surface area contributed by atoms with Crippen LogP contribution in [0.15, 0.2) is 11.6 Å². The fourth-order valence-electron chi connectivity index (χ4n) is 0.227. The summed E-state index contributed by atoms with van der Waals surface area (Å²) in [6.07, 6.45) is 0.944. The molecule has 0 aromatic carbocycles. The van der Waals surface area contributed by atoms with Crippen molar-refractivity contribution in [2.24, 2.45) is 0 Å². The van der Waals surface area contributed by atoms with Crippen molar-refractivity contribution >= 4 is 6.04 Å². The maximum atomic E-state index is 11.2. The Morgan fingerprint density at radius 1 is 1.57 bits per heavy atom. The summed E-state index contributed by atoms with van der Waals surface area (Å²) in [7, 11) is 0. The van der Waals surface area contributed by atoms with Gasteiger partial charge < -0.3 is 0 Å². The fourth-order valence-corrected chi connectivity index (χ4v) is 0.227. The van der Waals surface area contributed by atoms with Crippen molar-refractivity contribution in [3.63, 3.8) is 0 Å². The Bertz CT molecular complexity index is 101. The van der Waals surface area contributed by atoms with E-state index in [9.17, 15) is 9.18 Å². The van der Waals surface area contributed by atoms with E-state index in [1.807, 2.05) is 0 Å². The van der Waals surface area contributed by atoms with Gasteiger partial charge in [-0.2, -0.15) is 4.39 Å². The first kappa shape index (κ1) is 6.34. The topological polar surface area (TPSA) is 17.1 Å². The lowest BCUT2D eigenvalue weighted by molar-refractivity contribution is -0.124. The second-order valence-corrected chi connectivity index (χ2v) is 1.53. The van der Waals surface area contributed by atoms with Crippen molar-refractivity contribution in [3.05, 3.63) is 11.6 Å². The van der Waals surface area contributed by atoms with Gasteiger partial charge in [-0.25, -0.2) is 0 Å². The minimum Gasteiger partial charge on any atom is -0.256 e. The maximum absolute atomic E-state index is 11.2. The van der Waals surface area contributed by atoms with Crippen molar-refractivity contribution in [2.75, 3.05) is 0 Å². The van der Waals surface area contributed by atoms with Gasteiger partial charge in [0.05, 0.1) is 0 Å². The van der Waals surface area contributed by atoms with Crippen LogP contribution >= 0.6 is 0 Å². The van der Waals surface area contributed by atoms with E-state index in [4.69, 9.17) is 0 Å². The highest BCUT2D eigenvalue weighted by Crippen LogP contribution is 1.88. The predicted octanol–water partition coefficient (Wildman–Crippen LogP) is 1.45. The van der Waals surface area contributed by atoms with Crippen LogP contribution in [-0.2, 0) is 4.79 Å². The number of carbonyl (C=O) groups excluding carboxylic acids is 1. The molecule has 2 heteroatoms. The summed E-state index contributed by atoms with van der Waals surface area (Å²) in [5.41, 5.74) is 0.688. The summed E-state index contributed by atoms with van der Waals surface area (Å²) in [6.45, 7) is 3.33. The maximum Gasteiger partial charge on any atom is 0.324 e. The van der Waals surface area contributed by atoms with Crippen molar-refractivity contribution < 1.29 is 9.18 Å². The monoisotopic (exact) mass is 102 g/mol. The predicted molar refractivity (Wildman–Crippen MR) is 25.5 cm³/mol. The quantitative estimate of drug-likeness (QED) is 0.361. The van der Waals surface area contributed by atoms with Crippen molar-refractivity contribution in [3.8, 4) is 0 Å². The minimum absolute atomic E-state index is 0.688. The zero-order chi connectivity index (χ0) is 5.86. The first-order chi connectivity index (χ1) is 3.13. The molecule has 0 aliphatic carbocycles. The second kappa shape index (κ2) is 2.50. The highest BCUT2D eigenvalue weighted by atomic mass is 19.1. The molecule has 0 saturated heterocycles. The summed E-state index contributed by atoms with van der Waals surface area (Å²) in [6, 6.07) is -1.37.